The molecule has 2 aliphatic heterocycles. The minimum atomic E-state index is 0.102. The molecule has 186 valence electrons. The predicted octanol–water partition coefficient (Wildman–Crippen LogP) is 6.11. The Labute approximate surface area is 214 Å². The zero-order valence-corrected chi connectivity index (χ0v) is 21.2. The second-order valence-electron chi connectivity index (χ2n) is 10.5. The summed E-state index contributed by atoms with van der Waals surface area (Å²) in [6.07, 6.45) is 5.23. The number of piperidine rings is 2. The third-order valence-electron chi connectivity index (χ3n) is 7.88. The molecule has 4 nitrogen and oxygen atoms in total. The fourth-order valence-electron chi connectivity index (χ4n) is 5.71. The van der Waals surface area contributed by atoms with E-state index < -0.39 is 0 Å². The Balaban J connectivity index is 1.20. The molecule has 5 rings (SSSR count). The lowest BCUT2D eigenvalue weighted by molar-refractivity contribution is 0.0684. The molecule has 2 fully saturated rings. The molecule has 0 N–H and O–H groups in total. The second-order valence-corrected chi connectivity index (χ2v) is 10.5. The smallest absolute Gasteiger partial charge is 0.253 e. The number of likely N-dealkylation sites (tertiary alicyclic amines) is 2. The van der Waals surface area contributed by atoms with Crippen LogP contribution in [0.1, 0.15) is 69.0 Å². The van der Waals surface area contributed by atoms with Crippen molar-refractivity contribution in [2.75, 3.05) is 26.2 Å². The van der Waals surface area contributed by atoms with Crippen molar-refractivity contribution in [3.8, 4) is 0 Å². The Morgan fingerprint density at radius 3 is 2.22 bits per heavy atom. The van der Waals surface area contributed by atoms with E-state index in [1.165, 1.54) is 11.1 Å². The van der Waals surface area contributed by atoms with Crippen molar-refractivity contribution < 1.29 is 9.59 Å². The van der Waals surface area contributed by atoms with Crippen LogP contribution in [-0.4, -0.2) is 47.8 Å². The van der Waals surface area contributed by atoms with Crippen LogP contribution in [0.25, 0.3) is 0 Å². The molecule has 0 bridgehead atoms. The maximum absolute atomic E-state index is 13.3. The second kappa shape index (κ2) is 11.1. The van der Waals surface area contributed by atoms with Crippen molar-refractivity contribution in [1.29, 1.82) is 0 Å². The number of hydrogen-bond acceptors (Lipinski definition) is 2. The first-order valence-electron chi connectivity index (χ1n) is 13.4. The minimum absolute atomic E-state index is 0.102. The van der Waals surface area contributed by atoms with Gasteiger partial charge < -0.3 is 9.80 Å². The number of carbonyl (C=O) groups is 2. The molecule has 0 aliphatic carbocycles. The van der Waals surface area contributed by atoms with E-state index in [-0.39, 0.29) is 17.7 Å². The van der Waals surface area contributed by atoms with Gasteiger partial charge in [-0.25, -0.2) is 0 Å². The lowest BCUT2D eigenvalue weighted by atomic mass is 9.88. The van der Waals surface area contributed by atoms with Crippen LogP contribution in [0.3, 0.4) is 0 Å². The molecule has 0 aromatic heterocycles. The van der Waals surface area contributed by atoms with Gasteiger partial charge in [-0.3, -0.25) is 9.59 Å². The molecule has 0 spiro atoms. The molecule has 1 atom stereocenters. The standard InChI is InChI=1S/C32H36N2O2/c1-24-12-14-27(15-13-24)31(35)34-18-6-11-30(23-34)28-9-5-10-29(22-28)32(36)33-19-16-26(17-20-33)21-25-7-3-2-4-8-25/h2-5,7-10,12-15,22,26,30H,6,11,16-21,23H2,1H3/t30-/m0/s1. The van der Waals surface area contributed by atoms with E-state index in [2.05, 4.69) is 42.5 Å². The Bertz CT molecular complexity index is 1180. The molecule has 3 aromatic carbocycles. The number of benzene rings is 3. The number of nitrogens with zero attached hydrogens (tertiary/aromatic N) is 2. The number of carbonyl (C=O) groups excluding carboxylic acids is 2. The van der Waals surface area contributed by atoms with Crippen molar-refractivity contribution in [3.63, 3.8) is 0 Å². The van der Waals surface area contributed by atoms with Crippen molar-refractivity contribution in [1.82, 2.24) is 9.80 Å². The summed E-state index contributed by atoms with van der Waals surface area (Å²) in [5.41, 5.74) is 5.24. The van der Waals surface area contributed by atoms with Crippen LogP contribution in [0.15, 0.2) is 78.9 Å². The zero-order chi connectivity index (χ0) is 24.9. The molecule has 0 unspecified atom stereocenters. The van der Waals surface area contributed by atoms with Crippen molar-refractivity contribution in [2.24, 2.45) is 5.92 Å². The van der Waals surface area contributed by atoms with Gasteiger partial charge in [-0.1, -0.05) is 60.2 Å². The van der Waals surface area contributed by atoms with Crippen LogP contribution in [0, 0.1) is 12.8 Å². The van der Waals surface area contributed by atoms with Crippen LogP contribution in [0.5, 0.6) is 0 Å². The summed E-state index contributed by atoms with van der Waals surface area (Å²) in [5.74, 6) is 1.14. The fourth-order valence-corrected chi connectivity index (χ4v) is 5.71. The number of rotatable bonds is 5. The Morgan fingerprint density at radius 1 is 0.750 bits per heavy atom. The maximum atomic E-state index is 13.3. The Kier molecular flexibility index (Phi) is 7.50. The SMILES string of the molecule is Cc1ccc(C(=O)N2CCC[C@H](c3cccc(C(=O)N4CCC(Cc5ccccc5)CC4)c3)C2)cc1. The highest BCUT2D eigenvalue weighted by Crippen LogP contribution is 2.29. The first-order valence-corrected chi connectivity index (χ1v) is 13.4. The summed E-state index contributed by atoms with van der Waals surface area (Å²) in [7, 11) is 0. The molecule has 4 heteroatoms. The number of aryl methyl sites for hydroxylation is 1. The highest BCUT2D eigenvalue weighted by atomic mass is 16.2. The van der Waals surface area contributed by atoms with Crippen molar-refractivity contribution in [2.45, 2.75) is 44.9 Å². The molecule has 3 aromatic rings. The number of amides is 2. The summed E-state index contributed by atoms with van der Waals surface area (Å²) < 4.78 is 0. The van der Waals surface area contributed by atoms with E-state index in [0.717, 1.165) is 68.4 Å². The number of hydrogen-bond donors (Lipinski definition) is 0. The highest BCUT2D eigenvalue weighted by molar-refractivity contribution is 5.95. The van der Waals surface area contributed by atoms with Gasteiger partial charge in [0.15, 0.2) is 0 Å². The molecule has 0 radical (unpaired) electrons. The Hall–Kier alpha value is -3.40. The third kappa shape index (κ3) is 5.70. The van der Waals surface area contributed by atoms with E-state index >= 15 is 0 Å². The third-order valence-corrected chi connectivity index (χ3v) is 7.88. The van der Waals surface area contributed by atoms with E-state index in [1.54, 1.807) is 0 Å². The molecule has 2 saturated heterocycles. The zero-order valence-electron chi connectivity index (χ0n) is 21.2. The van der Waals surface area contributed by atoms with Gasteiger partial charge in [0, 0.05) is 43.2 Å². The summed E-state index contributed by atoms with van der Waals surface area (Å²) in [4.78, 5) is 30.4. The van der Waals surface area contributed by atoms with Crippen LogP contribution in [0.2, 0.25) is 0 Å². The van der Waals surface area contributed by atoms with Gasteiger partial charge >= 0.3 is 0 Å². The summed E-state index contributed by atoms with van der Waals surface area (Å²) in [5, 5.41) is 0. The van der Waals surface area contributed by atoms with Gasteiger partial charge in [0.25, 0.3) is 11.8 Å². The fraction of sp³-hybridized carbons (Fsp3) is 0.375. The average Bonchev–Trinajstić information content (AvgIpc) is 2.94. The molecule has 36 heavy (non-hydrogen) atoms. The molecular weight excluding hydrogens is 444 g/mol. The van der Waals surface area contributed by atoms with Crippen molar-refractivity contribution in [3.05, 3.63) is 107 Å². The highest BCUT2D eigenvalue weighted by Gasteiger charge is 2.27. The first kappa shape index (κ1) is 24.3. The van der Waals surface area contributed by atoms with E-state index in [9.17, 15) is 9.59 Å². The van der Waals surface area contributed by atoms with Gasteiger partial charge in [0.2, 0.25) is 0 Å². The molecule has 2 amide bonds. The van der Waals surface area contributed by atoms with E-state index in [0.29, 0.717) is 12.5 Å². The van der Waals surface area contributed by atoms with E-state index in [1.807, 2.05) is 53.1 Å². The lowest BCUT2D eigenvalue weighted by Crippen LogP contribution is -2.39. The average molecular weight is 481 g/mol. The summed E-state index contributed by atoms with van der Waals surface area (Å²) >= 11 is 0. The molecule has 2 heterocycles. The lowest BCUT2D eigenvalue weighted by Gasteiger charge is -2.34. The topological polar surface area (TPSA) is 40.6 Å². The largest absolute Gasteiger partial charge is 0.339 e. The van der Waals surface area contributed by atoms with Gasteiger partial charge in [-0.2, -0.15) is 0 Å². The van der Waals surface area contributed by atoms with Gasteiger partial charge in [-0.05, 0) is 80.3 Å². The van der Waals surface area contributed by atoms with Gasteiger partial charge in [0.05, 0.1) is 0 Å². The van der Waals surface area contributed by atoms with Crippen LogP contribution >= 0.6 is 0 Å². The normalized spacial score (nSPS) is 18.8. The van der Waals surface area contributed by atoms with Crippen molar-refractivity contribution >= 4 is 11.8 Å². The van der Waals surface area contributed by atoms with Crippen LogP contribution in [-0.2, 0) is 6.42 Å². The first-order chi connectivity index (χ1) is 17.6. The minimum Gasteiger partial charge on any atom is -0.339 e. The Morgan fingerprint density at radius 2 is 1.47 bits per heavy atom. The molecule has 0 saturated carbocycles. The van der Waals surface area contributed by atoms with E-state index in [4.69, 9.17) is 0 Å². The quantitative estimate of drug-likeness (QED) is 0.442. The molecule has 2 aliphatic rings. The summed E-state index contributed by atoms with van der Waals surface area (Å²) in [6, 6.07) is 26.6. The van der Waals surface area contributed by atoms with Crippen LogP contribution < -0.4 is 0 Å². The predicted molar refractivity (Wildman–Crippen MR) is 144 cm³/mol. The monoisotopic (exact) mass is 480 g/mol. The van der Waals surface area contributed by atoms with Gasteiger partial charge in [0.1, 0.15) is 0 Å². The van der Waals surface area contributed by atoms with Gasteiger partial charge in [-0.15, -0.1) is 0 Å². The van der Waals surface area contributed by atoms with Crippen LogP contribution in [0.4, 0.5) is 0 Å². The summed E-state index contributed by atoms with van der Waals surface area (Å²) in [6.45, 7) is 5.17. The maximum Gasteiger partial charge on any atom is 0.253 e. The molecular formula is C32H36N2O2.